The number of alkyl halides is 2. The first kappa shape index (κ1) is 19.5. The molecule has 1 aromatic carbocycles. The molecule has 2 fully saturated rings. The molecule has 2 aliphatic rings. The summed E-state index contributed by atoms with van der Waals surface area (Å²) in [5.41, 5.74) is 0.225. The van der Waals surface area contributed by atoms with E-state index < -0.39 is 35.8 Å². The molecule has 0 spiro atoms. The van der Waals surface area contributed by atoms with Gasteiger partial charge in [0, 0.05) is 0 Å². The summed E-state index contributed by atoms with van der Waals surface area (Å²) in [5.74, 6) is -3.10. The molecule has 0 bridgehead atoms. The Morgan fingerprint density at radius 1 is 0.923 bits per heavy atom. The Morgan fingerprint density at radius 2 is 1.54 bits per heavy atom. The molecule has 2 saturated carbocycles. The van der Waals surface area contributed by atoms with Crippen LogP contribution in [-0.4, -0.2) is 19.0 Å². The lowest BCUT2D eigenvalue weighted by Gasteiger charge is -2.21. The fourth-order valence-corrected chi connectivity index (χ4v) is 5.04. The second-order valence-electron chi connectivity index (χ2n) is 7.87. The van der Waals surface area contributed by atoms with Gasteiger partial charge in [0.2, 0.25) is 5.82 Å². The highest BCUT2D eigenvalue weighted by Crippen LogP contribution is 2.52. The van der Waals surface area contributed by atoms with E-state index in [0.29, 0.717) is 25.7 Å². The lowest BCUT2D eigenvalue weighted by molar-refractivity contribution is 0.137. The van der Waals surface area contributed by atoms with Crippen molar-refractivity contribution in [3.63, 3.8) is 0 Å². The molecule has 5 heteroatoms. The van der Waals surface area contributed by atoms with Crippen LogP contribution in [0.4, 0.5) is 17.6 Å². The Bertz CT molecular complexity index is 600. The van der Waals surface area contributed by atoms with Crippen LogP contribution < -0.4 is 4.74 Å². The molecular weight excluding hydrogens is 344 g/mol. The zero-order valence-electron chi connectivity index (χ0n) is 15.5. The van der Waals surface area contributed by atoms with Crippen molar-refractivity contribution < 1.29 is 22.3 Å². The normalized spacial score (nSPS) is 34.4. The number of ether oxygens (including phenoxy) is 1. The second-order valence-corrected chi connectivity index (χ2v) is 7.87. The van der Waals surface area contributed by atoms with Crippen LogP contribution >= 0.6 is 0 Å². The molecule has 0 amide bonds. The Kier molecular flexibility index (Phi) is 6.13. The molecule has 0 heterocycles. The van der Waals surface area contributed by atoms with Crippen LogP contribution in [0.25, 0.3) is 0 Å². The standard InChI is InChI=1S/C21H28F4O/c1-3-5-12-8-17(22)15-10-13(11-16(15)18(23)9-12)14-6-7-19(26-4-2)21(25)20(14)24/h6-7,12-13,15-18H,3-5,8-11H2,1-2H3. The van der Waals surface area contributed by atoms with Crippen LogP contribution in [0.5, 0.6) is 5.75 Å². The SMILES string of the molecule is CCCC1CC(F)C2CC(c3ccc(OCC)c(F)c3F)CC2C(F)C1. The number of hydrogen-bond acceptors (Lipinski definition) is 1. The Balaban J connectivity index is 1.79. The van der Waals surface area contributed by atoms with Gasteiger partial charge in [-0.1, -0.05) is 25.8 Å². The molecule has 1 aromatic rings. The lowest BCUT2D eigenvalue weighted by atomic mass is 9.89. The van der Waals surface area contributed by atoms with Crippen LogP contribution in [0.15, 0.2) is 12.1 Å². The van der Waals surface area contributed by atoms with Gasteiger partial charge in [-0.05, 0) is 67.9 Å². The molecule has 26 heavy (non-hydrogen) atoms. The first-order valence-electron chi connectivity index (χ1n) is 9.85. The van der Waals surface area contributed by atoms with Gasteiger partial charge in [-0.2, -0.15) is 4.39 Å². The van der Waals surface area contributed by atoms with Crippen LogP contribution in [0.3, 0.4) is 0 Å². The molecule has 1 nitrogen and oxygen atoms in total. The summed E-state index contributed by atoms with van der Waals surface area (Å²) in [5, 5.41) is 0. The maximum atomic E-state index is 14.8. The van der Waals surface area contributed by atoms with E-state index in [1.807, 2.05) is 6.92 Å². The van der Waals surface area contributed by atoms with Gasteiger partial charge in [-0.25, -0.2) is 13.2 Å². The minimum absolute atomic E-state index is 0.0914. The summed E-state index contributed by atoms with van der Waals surface area (Å²) in [7, 11) is 0. The number of hydrogen-bond donors (Lipinski definition) is 0. The number of fused-ring (bicyclic) bond motifs is 1. The van der Waals surface area contributed by atoms with Crippen molar-refractivity contribution in [2.45, 2.75) is 70.6 Å². The summed E-state index contributed by atoms with van der Waals surface area (Å²) in [6.45, 7) is 3.98. The molecule has 2 aliphatic carbocycles. The Labute approximate surface area is 153 Å². The minimum atomic E-state index is -1.06. The van der Waals surface area contributed by atoms with Gasteiger partial charge in [0.25, 0.3) is 0 Å². The Morgan fingerprint density at radius 3 is 2.08 bits per heavy atom. The number of benzene rings is 1. The second kappa shape index (κ2) is 8.18. The molecule has 0 saturated heterocycles. The molecule has 0 radical (unpaired) electrons. The van der Waals surface area contributed by atoms with E-state index in [4.69, 9.17) is 4.74 Å². The average molecular weight is 372 g/mol. The minimum Gasteiger partial charge on any atom is -0.491 e. The smallest absolute Gasteiger partial charge is 0.200 e. The number of rotatable bonds is 5. The Hall–Kier alpha value is -1.26. The third kappa shape index (κ3) is 3.72. The zero-order chi connectivity index (χ0) is 18.8. The first-order chi connectivity index (χ1) is 12.5. The molecule has 4 unspecified atom stereocenters. The van der Waals surface area contributed by atoms with Gasteiger partial charge in [-0.15, -0.1) is 0 Å². The van der Waals surface area contributed by atoms with Gasteiger partial charge in [-0.3, -0.25) is 0 Å². The molecule has 3 rings (SSSR count). The van der Waals surface area contributed by atoms with Crippen LogP contribution in [-0.2, 0) is 0 Å². The van der Waals surface area contributed by atoms with Crippen molar-refractivity contribution in [2.75, 3.05) is 6.61 Å². The van der Waals surface area contributed by atoms with E-state index in [9.17, 15) is 17.6 Å². The first-order valence-corrected chi connectivity index (χ1v) is 9.85. The fraction of sp³-hybridized carbons (Fsp3) is 0.714. The highest BCUT2D eigenvalue weighted by atomic mass is 19.2. The maximum absolute atomic E-state index is 14.8. The average Bonchev–Trinajstić information content (AvgIpc) is 3.00. The highest BCUT2D eigenvalue weighted by Gasteiger charge is 2.47. The van der Waals surface area contributed by atoms with Crippen molar-refractivity contribution in [3.8, 4) is 5.75 Å². The molecule has 4 atom stereocenters. The third-order valence-electron chi connectivity index (χ3n) is 6.22. The van der Waals surface area contributed by atoms with Gasteiger partial charge in [0.05, 0.1) is 6.61 Å². The number of halogens is 4. The summed E-state index contributed by atoms with van der Waals surface area (Å²) >= 11 is 0. The van der Waals surface area contributed by atoms with E-state index in [2.05, 4.69) is 0 Å². The third-order valence-corrected chi connectivity index (χ3v) is 6.22. The molecule has 0 N–H and O–H groups in total. The van der Waals surface area contributed by atoms with Gasteiger partial charge in [0.1, 0.15) is 12.3 Å². The van der Waals surface area contributed by atoms with Crippen LogP contribution in [0.2, 0.25) is 0 Å². The summed E-state index contributed by atoms with van der Waals surface area (Å²) < 4.78 is 63.4. The van der Waals surface area contributed by atoms with Gasteiger partial charge >= 0.3 is 0 Å². The largest absolute Gasteiger partial charge is 0.491 e. The molecule has 146 valence electrons. The van der Waals surface area contributed by atoms with E-state index in [-0.39, 0.29) is 29.8 Å². The van der Waals surface area contributed by atoms with Gasteiger partial charge in [0.15, 0.2) is 11.6 Å². The summed E-state index contributed by atoms with van der Waals surface area (Å²) in [4.78, 5) is 0. The van der Waals surface area contributed by atoms with E-state index in [1.54, 1.807) is 6.92 Å². The van der Waals surface area contributed by atoms with Crippen molar-refractivity contribution in [3.05, 3.63) is 29.3 Å². The predicted molar refractivity (Wildman–Crippen MR) is 93.9 cm³/mol. The zero-order valence-corrected chi connectivity index (χ0v) is 15.5. The monoisotopic (exact) mass is 372 g/mol. The summed E-state index contributed by atoms with van der Waals surface area (Å²) in [6.07, 6.45) is 1.21. The fourth-order valence-electron chi connectivity index (χ4n) is 5.04. The lowest BCUT2D eigenvalue weighted by Crippen LogP contribution is -2.23. The quantitative estimate of drug-likeness (QED) is 0.547. The predicted octanol–water partition coefficient (Wildman–Crippen LogP) is 6.36. The van der Waals surface area contributed by atoms with Crippen molar-refractivity contribution in [1.29, 1.82) is 0 Å². The van der Waals surface area contributed by atoms with Crippen molar-refractivity contribution in [2.24, 2.45) is 17.8 Å². The topological polar surface area (TPSA) is 9.23 Å². The maximum Gasteiger partial charge on any atom is 0.200 e. The molecule has 0 aromatic heterocycles. The van der Waals surface area contributed by atoms with Gasteiger partial charge < -0.3 is 4.74 Å². The van der Waals surface area contributed by atoms with Crippen molar-refractivity contribution in [1.82, 2.24) is 0 Å². The van der Waals surface area contributed by atoms with Crippen molar-refractivity contribution >= 4 is 0 Å². The van der Waals surface area contributed by atoms with Crippen LogP contribution in [0, 0.1) is 29.4 Å². The van der Waals surface area contributed by atoms with E-state index >= 15 is 0 Å². The van der Waals surface area contributed by atoms with E-state index in [0.717, 1.165) is 12.8 Å². The van der Waals surface area contributed by atoms with Crippen LogP contribution in [0.1, 0.15) is 63.9 Å². The highest BCUT2D eigenvalue weighted by molar-refractivity contribution is 5.34. The summed E-state index contributed by atoms with van der Waals surface area (Å²) in [6, 6.07) is 2.93. The molecule has 0 aliphatic heterocycles. The molecular formula is C21H28F4O. The van der Waals surface area contributed by atoms with E-state index in [1.165, 1.54) is 12.1 Å².